The van der Waals surface area contributed by atoms with Gasteiger partial charge in [0.1, 0.15) is 18.2 Å². The van der Waals surface area contributed by atoms with E-state index in [1.165, 1.54) is 0 Å². The van der Waals surface area contributed by atoms with Gasteiger partial charge in [-0.05, 0) is 49.0 Å². The van der Waals surface area contributed by atoms with E-state index in [2.05, 4.69) is 39.2 Å². The number of ether oxygens (including phenoxy) is 5. The standard InChI is InChI=1S/C25H43NO7Si/c1-25(2,3)34(7,8)33-14-18-12-19(31-16-29-5)13-22(23(18)32-17-30-6)20-10-9-11-21(20)24(27)26-15-28-4/h12-13,20-21H,9-11,14-17H2,1-8H3,(H,26,27). The van der Waals surface area contributed by atoms with Crippen LogP contribution < -0.4 is 14.8 Å². The Kier molecular flexibility index (Phi) is 10.8. The molecule has 2 rings (SSSR count). The van der Waals surface area contributed by atoms with E-state index in [0.717, 1.165) is 30.4 Å². The molecule has 1 fully saturated rings. The number of rotatable bonds is 13. The van der Waals surface area contributed by atoms with Gasteiger partial charge in [0.2, 0.25) is 5.91 Å². The Morgan fingerprint density at radius 3 is 2.32 bits per heavy atom. The van der Waals surface area contributed by atoms with Crippen LogP contribution in [0.25, 0.3) is 0 Å². The second kappa shape index (κ2) is 12.9. The number of methoxy groups -OCH3 is 3. The van der Waals surface area contributed by atoms with Crippen LogP contribution in [0.4, 0.5) is 0 Å². The van der Waals surface area contributed by atoms with E-state index < -0.39 is 8.32 Å². The summed E-state index contributed by atoms with van der Waals surface area (Å²) in [4.78, 5) is 12.9. The molecular formula is C25H43NO7Si. The Morgan fingerprint density at radius 2 is 1.71 bits per heavy atom. The Bertz CT molecular complexity index is 794. The van der Waals surface area contributed by atoms with Gasteiger partial charge in [-0.25, -0.2) is 0 Å². The first-order chi connectivity index (χ1) is 16.1. The quantitative estimate of drug-likeness (QED) is 0.310. The average Bonchev–Trinajstić information content (AvgIpc) is 3.27. The highest BCUT2D eigenvalue weighted by Crippen LogP contribution is 2.46. The molecule has 0 saturated heterocycles. The van der Waals surface area contributed by atoms with Crippen molar-refractivity contribution in [3.05, 3.63) is 23.3 Å². The van der Waals surface area contributed by atoms with Crippen molar-refractivity contribution in [3.63, 3.8) is 0 Å². The maximum atomic E-state index is 12.9. The zero-order valence-corrected chi connectivity index (χ0v) is 23.1. The minimum atomic E-state index is -2.01. The summed E-state index contributed by atoms with van der Waals surface area (Å²) in [5.74, 6) is 1.18. The molecule has 9 heteroatoms. The molecule has 0 bridgehead atoms. The molecule has 0 heterocycles. The minimum absolute atomic E-state index is 0.00988. The van der Waals surface area contributed by atoms with E-state index in [-0.39, 0.29) is 43.1 Å². The van der Waals surface area contributed by atoms with Crippen molar-refractivity contribution >= 4 is 14.2 Å². The van der Waals surface area contributed by atoms with Gasteiger partial charge in [-0.2, -0.15) is 0 Å². The Morgan fingerprint density at radius 1 is 1.03 bits per heavy atom. The largest absolute Gasteiger partial charge is 0.468 e. The lowest BCUT2D eigenvalue weighted by Crippen LogP contribution is -2.40. The second-order valence-electron chi connectivity index (χ2n) is 10.3. The van der Waals surface area contributed by atoms with Gasteiger partial charge in [-0.1, -0.05) is 27.2 Å². The fourth-order valence-corrected chi connectivity index (χ4v) is 4.91. The zero-order chi connectivity index (χ0) is 25.4. The fraction of sp³-hybridized carbons (Fsp3) is 0.720. The maximum Gasteiger partial charge on any atom is 0.225 e. The third kappa shape index (κ3) is 7.42. The zero-order valence-electron chi connectivity index (χ0n) is 22.1. The van der Waals surface area contributed by atoms with Crippen LogP contribution in [0.1, 0.15) is 57.1 Å². The highest BCUT2D eigenvalue weighted by molar-refractivity contribution is 6.74. The number of nitrogens with one attached hydrogen (secondary N) is 1. The molecule has 1 aromatic rings. The normalized spacial score (nSPS) is 18.7. The summed E-state index contributed by atoms with van der Waals surface area (Å²) in [5, 5.41) is 2.94. The lowest BCUT2D eigenvalue weighted by Gasteiger charge is -2.36. The second-order valence-corrected chi connectivity index (χ2v) is 15.1. The third-order valence-corrected chi connectivity index (χ3v) is 11.3. The van der Waals surface area contributed by atoms with E-state index in [1.54, 1.807) is 21.3 Å². The van der Waals surface area contributed by atoms with Gasteiger partial charge in [-0.15, -0.1) is 0 Å². The monoisotopic (exact) mass is 497 g/mol. The molecular weight excluding hydrogens is 454 g/mol. The van der Waals surface area contributed by atoms with Gasteiger partial charge in [0.05, 0.1) is 6.61 Å². The minimum Gasteiger partial charge on any atom is -0.468 e. The molecule has 2 atom stereocenters. The SMILES string of the molecule is COCNC(=O)C1CCCC1c1cc(OCOC)cc(CO[Si](C)(C)C(C)(C)C)c1OCOC. The molecule has 1 N–H and O–H groups in total. The number of carbonyl (C=O) groups is 1. The van der Waals surface area contributed by atoms with Crippen molar-refractivity contribution in [1.82, 2.24) is 5.32 Å². The number of hydrogen-bond acceptors (Lipinski definition) is 7. The average molecular weight is 498 g/mol. The van der Waals surface area contributed by atoms with Crippen LogP contribution in [-0.2, 0) is 30.0 Å². The van der Waals surface area contributed by atoms with E-state index in [9.17, 15) is 4.79 Å². The van der Waals surface area contributed by atoms with Crippen LogP contribution in [0.15, 0.2) is 12.1 Å². The van der Waals surface area contributed by atoms with Crippen LogP contribution in [-0.4, -0.2) is 55.9 Å². The molecule has 1 aliphatic carbocycles. The van der Waals surface area contributed by atoms with Gasteiger partial charge < -0.3 is 33.4 Å². The van der Waals surface area contributed by atoms with Gasteiger partial charge in [0, 0.05) is 38.4 Å². The molecule has 1 aliphatic rings. The Labute approximate surface area is 205 Å². The molecule has 194 valence electrons. The molecule has 1 amide bonds. The summed E-state index contributed by atoms with van der Waals surface area (Å²) in [7, 11) is 2.74. The Hall–Kier alpha value is -1.65. The molecule has 1 aromatic carbocycles. The van der Waals surface area contributed by atoms with E-state index in [1.807, 2.05) is 12.1 Å². The molecule has 1 saturated carbocycles. The lowest BCUT2D eigenvalue weighted by molar-refractivity contribution is -0.126. The fourth-order valence-electron chi connectivity index (χ4n) is 3.97. The molecule has 0 spiro atoms. The highest BCUT2D eigenvalue weighted by atomic mass is 28.4. The van der Waals surface area contributed by atoms with E-state index >= 15 is 0 Å². The summed E-state index contributed by atoms with van der Waals surface area (Å²) in [6.45, 7) is 11.9. The Balaban J connectivity index is 2.49. The summed E-state index contributed by atoms with van der Waals surface area (Å²) in [6, 6.07) is 3.90. The molecule has 2 unspecified atom stereocenters. The van der Waals surface area contributed by atoms with Crippen molar-refractivity contribution < 1.29 is 32.9 Å². The molecule has 0 aliphatic heterocycles. The molecule has 0 radical (unpaired) electrons. The molecule has 8 nitrogen and oxygen atoms in total. The first-order valence-corrected chi connectivity index (χ1v) is 14.8. The maximum absolute atomic E-state index is 12.9. The van der Waals surface area contributed by atoms with Gasteiger partial charge >= 0.3 is 0 Å². The van der Waals surface area contributed by atoms with Gasteiger partial charge in [-0.3, -0.25) is 4.79 Å². The van der Waals surface area contributed by atoms with Crippen molar-refractivity contribution in [2.75, 3.05) is 41.6 Å². The van der Waals surface area contributed by atoms with Crippen LogP contribution in [0.5, 0.6) is 11.5 Å². The predicted molar refractivity (Wildman–Crippen MR) is 134 cm³/mol. The number of hydrogen-bond donors (Lipinski definition) is 1. The summed E-state index contributed by atoms with van der Waals surface area (Å²) >= 11 is 0. The summed E-state index contributed by atoms with van der Waals surface area (Å²) in [6.07, 6.45) is 2.64. The first kappa shape index (κ1) is 28.6. The molecule has 34 heavy (non-hydrogen) atoms. The van der Waals surface area contributed by atoms with Crippen molar-refractivity contribution in [2.24, 2.45) is 5.92 Å². The number of carbonyl (C=O) groups excluding carboxylic acids is 1. The first-order valence-electron chi connectivity index (χ1n) is 11.9. The van der Waals surface area contributed by atoms with Crippen LogP contribution in [0, 0.1) is 5.92 Å². The molecule has 0 aromatic heterocycles. The van der Waals surface area contributed by atoms with Crippen LogP contribution >= 0.6 is 0 Å². The third-order valence-electron chi connectivity index (χ3n) is 6.87. The van der Waals surface area contributed by atoms with Gasteiger partial charge in [0.15, 0.2) is 21.9 Å². The smallest absolute Gasteiger partial charge is 0.225 e. The van der Waals surface area contributed by atoms with Crippen molar-refractivity contribution in [1.29, 1.82) is 0 Å². The number of benzene rings is 1. The lowest BCUT2D eigenvalue weighted by atomic mass is 9.86. The topological polar surface area (TPSA) is 84.5 Å². The highest BCUT2D eigenvalue weighted by Gasteiger charge is 2.39. The summed E-state index contributed by atoms with van der Waals surface area (Å²) < 4.78 is 33.9. The number of amides is 1. The van der Waals surface area contributed by atoms with Crippen molar-refractivity contribution in [3.8, 4) is 11.5 Å². The van der Waals surface area contributed by atoms with E-state index in [0.29, 0.717) is 18.1 Å². The van der Waals surface area contributed by atoms with Crippen LogP contribution in [0.2, 0.25) is 18.1 Å². The summed E-state index contributed by atoms with van der Waals surface area (Å²) in [5.41, 5.74) is 1.82. The van der Waals surface area contributed by atoms with Crippen LogP contribution in [0.3, 0.4) is 0 Å². The predicted octanol–water partition coefficient (Wildman–Crippen LogP) is 4.78. The van der Waals surface area contributed by atoms with E-state index in [4.69, 9.17) is 28.1 Å². The van der Waals surface area contributed by atoms with Crippen molar-refractivity contribution in [2.45, 2.75) is 70.7 Å². The van der Waals surface area contributed by atoms with Gasteiger partial charge in [0.25, 0.3) is 0 Å².